The second-order valence-electron chi connectivity index (χ2n) is 5.23. The van der Waals surface area contributed by atoms with Crippen LogP contribution in [0.3, 0.4) is 0 Å². The predicted octanol–water partition coefficient (Wildman–Crippen LogP) is 2.75. The zero-order chi connectivity index (χ0) is 12.9. The van der Waals surface area contributed by atoms with Crippen molar-refractivity contribution in [1.82, 2.24) is 10.3 Å². The molecule has 1 saturated heterocycles. The van der Waals surface area contributed by atoms with E-state index in [1.165, 1.54) is 29.2 Å². The number of hydrogen-bond acceptors (Lipinski definition) is 3. The molecule has 1 aliphatic rings. The van der Waals surface area contributed by atoms with Gasteiger partial charge in [0.1, 0.15) is 0 Å². The van der Waals surface area contributed by atoms with Gasteiger partial charge in [0.15, 0.2) is 0 Å². The SMILES string of the molecule is c1ccc2c(CNCC3CCCOC3)cncc2c1. The Bertz CT molecular complexity index is 530. The van der Waals surface area contributed by atoms with E-state index in [9.17, 15) is 0 Å². The average Bonchev–Trinajstić information content (AvgIpc) is 2.49. The summed E-state index contributed by atoms with van der Waals surface area (Å²) in [5.41, 5.74) is 1.27. The number of fused-ring (bicyclic) bond motifs is 1. The van der Waals surface area contributed by atoms with Gasteiger partial charge < -0.3 is 10.1 Å². The second-order valence-corrected chi connectivity index (χ2v) is 5.23. The highest BCUT2D eigenvalue weighted by molar-refractivity contribution is 5.84. The van der Waals surface area contributed by atoms with Crippen molar-refractivity contribution in [3.05, 3.63) is 42.2 Å². The van der Waals surface area contributed by atoms with Crippen LogP contribution in [0.1, 0.15) is 18.4 Å². The number of ether oxygens (including phenoxy) is 1. The van der Waals surface area contributed by atoms with Crippen LogP contribution in [0.25, 0.3) is 10.8 Å². The Hall–Kier alpha value is -1.45. The van der Waals surface area contributed by atoms with Gasteiger partial charge in [-0.2, -0.15) is 0 Å². The molecule has 3 nitrogen and oxygen atoms in total. The quantitative estimate of drug-likeness (QED) is 0.913. The van der Waals surface area contributed by atoms with Gasteiger partial charge in [-0.1, -0.05) is 24.3 Å². The first kappa shape index (κ1) is 12.6. The molecule has 0 bridgehead atoms. The van der Waals surface area contributed by atoms with Crippen LogP contribution in [-0.4, -0.2) is 24.7 Å². The molecule has 1 aliphatic heterocycles. The molecule has 1 atom stereocenters. The molecule has 1 aromatic carbocycles. The normalized spacial score (nSPS) is 19.7. The van der Waals surface area contributed by atoms with E-state index in [0.29, 0.717) is 5.92 Å². The van der Waals surface area contributed by atoms with E-state index < -0.39 is 0 Å². The molecule has 1 unspecified atom stereocenters. The Morgan fingerprint density at radius 3 is 3.11 bits per heavy atom. The molecule has 1 aromatic heterocycles. The molecule has 0 spiro atoms. The molecule has 2 heterocycles. The zero-order valence-electron chi connectivity index (χ0n) is 11.1. The zero-order valence-corrected chi connectivity index (χ0v) is 11.1. The van der Waals surface area contributed by atoms with Gasteiger partial charge in [-0.3, -0.25) is 4.98 Å². The molecule has 19 heavy (non-hydrogen) atoms. The van der Waals surface area contributed by atoms with Crippen molar-refractivity contribution in [1.29, 1.82) is 0 Å². The predicted molar refractivity (Wildman–Crippen MR) is 77.0 cm³/mol. The van der Waals surface area contributed by atoms with Crippen LogP contribution in [0.2, 0.25) is 0 Å². The van der Waals surface area contributed by atoms with E-state index in [4.69, 9.17) is 4.74 Å². The van der Waals surface area contributed by atoms with E-state index in [2.05, 4.69) is 34.6 Å². The Morgan fingerprint density at radius 1 is 1.26 bits per heavy atom. The van der Waals surface area contributed by atoms with Crippen LogP contribution in [0, 0.1) is 5.92 Å². The summed E-state index contributed by atoms with van der Waals surface area (Å²) in [6, 6.07) is 8.42. The number of hydrogen-bond donors (Lipinski definition) is 1. The van der Waals surface area contributed by atoms with Crippen LogP contribution in [-0.2, 0) is 11.3 Å². The molecule has 0 amide bonds. The topological polar surface area (TPSA) is 34.1 Å². The smallest absolute Gasteiger partial charge is 0.0506 e. The fourth-order valence-corrected chi connectivity index (χ4v) is 2.70. The highest BCUT2D eigenvalue weighted by Gasteiger charge is 2.13. The third-order valence-corrected chi connectivity index (χ3v) is 3.75. The van der Waals surface area contributed by atoms with E-state index in [-0.39, 0.29) is 0 Å². The van der Waals surface area contributed by atoms with Gasteiger partial charge in [0.25, 0.3) is 0 Å². The highest BCUT2D eigenvalue weighted by Crippen LogP contribution is 2.17. The number of nitrogens with one attached hydrogen (secondary N) is 1. The number of benzene rings is 1. The van der Waals surface area contributed by atoms with Crippen molar-refractivity contribution in [2.75, 3.05) is 19.8 Å². The minimum absolute atomic E-state index is 0.664. The van der Waals surface area contributed by atoms with E-state index >= 15 is 0 Å². The minimum atomic E-state index is 0.664. The standard InChI is InChI=1S/C16H20N2O/c1-2-6-16-14(5-1)9-18-11-15(16)10-17-8-13-4-3-7-19-12-13/h1-2,5-6,9,11,13,17H,3-4,7-8,10,12H2. The summed E-state index contributed by atoms with van der Waals surface area (Å²) in [7, 11) is 0. The number of nitrogens with zero attached hydrogens (tertiary/aromatic N) is 1. The van der Waals surface area contributed by atoms with Crippen LogP contribution >= 0.6 is 0 Å². The second kappa shape index (κ2) is 6.13. The lowest BCUT2D eigenvalue weighted by Gasteiger charge is -2.22. The fourth-order valence-electron chi connectivity index (χ4n) is 2.70. The first-order valence-corrected chi connectivity index (χ1v) is 7.03. The Morgan fingerprint density at radius 2 is 2.21 bits per heavy atom. The summed E-state index contributed by atoms with van der Waals surface area (Å²) in [6.07, 6.45) is 6.36. The minimum Gasteiger partial charge on any atom is -0.381 e. The van der Waals surface area contributed by atoms with E-state index in [1.54, 1.807) is 0 Å². The molecule has 0 aliphatic carbocycles. The van der Waals surface area contributed by atoms with Gasteiger partial charge in [-0.25, -0.2) is 0 Å². The van der Waals surface area contributed by atoms with Crippen molar-refractivity contribution in [2.45, 2.75) is 19.4 Å². The van der Waals surface area contributed by atoms with Crippen molar-refractivity contribution < 1.29 is 4.74 Å². The summed E-state index contributed by atoms with van der Waals surface area (Å²) < 4.78 is 5.50. The molecule has 3 rings (SSSR count). The van der Waals surface area contributed by atoms with Gasteiger partial charge in [0, 0.05) is 37.5 Å². The van der Waals surface area contributed by atoms with Crippen molar-refractivity contribution >= 4 is 10.8 Å². The molecule has 0 radical (unpaired) electrons. The van der Waals surface area contributed by atoms with E-state index in [1.807, 2.05) is 12.4 Å². The van der Waals surface area contributed by atoms with Gasteiger partial charge in [-0.05, 0) is 29.7 Å². The fraction of sp³-hybridized carbons (Fsp3) is 0.438. The molecule has 1 fully saturated rings. The molecular formula is C16H20N2O. The van der Waals surface area contributed by atoms with Gasteiger partial charge >= 0.3 is 0 Å². The van der Waals surface area contributed by atoms with Crippen molar-refractivity contribution in [3.8, 4) is 0 Å². The summed E-state index contributed by atoms with van der Waals surface area (Å²) >= 11 is 0. The molecule has 2 aromatic rings. The van der Waals surface area contributed by atoms with Crippen LogP contribution in [0.15, 0.2) is 36.7 Å². The third-order valence-electron chi connectivity index (χ3n) is 3.75. The van der Waals surface area contributed by atoms with Gasteiger partial charge in [-0.15, -0.1) is 0 Å². The summed E-state index contributed by atoms with van der Waals surface area (Å²) in [5.74, 6) is 0.664. The molecule has 1 N–H and O–H groups in total. The van der Waals surface area contributed by atoms with Crippen LogP contribution in [0.5, 0.6) is 0 Å². The number of rotatable bonds is 4. The average molecular weight is 256 g/mol. The Labute approximate surface area is 114 Å². The largest absolute Gasteiger partial charge is 0.381 e. The first-order valence-electron chi connectivity index (χ1n) is 7.03. The number of pyridine rings is 1. The molecule has 0 saturated carbocycles. The maximum absolute atomic E-state index is 5.50. The maximum atomic E-state index is 5.50. The van der Waals surface area contributed by atoms with Crippen LogP contribution in [0.4, 0.5) is 0 Å². The Kier molecular flexibility index (Phi) is 4.06. The summed E-state index contributed by atoms with van der Waals surface area (Å²) in [6.45, 7) is 3.75. The lowest BCUT2D eigenvalue weighted by Crippen LogP contribution is -2.28. The lowest BCUT2D eigenvalue weighted by atomic mass is 10.0. The summed E-state index contributed by atoms with van der Waals surface area (Å²) in [4.78, 5) is 4.31. The Balaban J connectivity index is 1.62. The van der Waals surface area contributed by atoms with E-state index in [0.717, 1.165) is 26.3 Å². The maximum Gasteiger partial charge on any atom is 0.0506 e. The molecular weight excluding hydrogens is 236 g/mol. The van der Waals surface area contributed by atoms with Crippen molar-refractivity contribution in [3.63, 3.8) is 0 Å². The lowest BCUT2D eigenvalue weighted by molar-refractivity contribution is 0.0547. The molecule has 3 heteroatoms. The first-order chi connectivity index (χ1) is 9.43. The van der Waals surface area contributed by atoms with Crippen LogP contribution < -0.4 is 5.32 Å². The number of aromatic nitrogens is 1. The highest BCUT2D eigenvalue weighted by atomic mass is 16.5. The van der Waals surface area contributed by atoms with Crippen molar-refractivity contribution in [2.24, 2.45) is 5.92 Å². The summed E-state index contributed by atoms with van der Waals surface area (Å²) in [5, 5.41) is 6.05. The molecule has 100 valence electrons. The van der Waals surface area contributed by atoms with Gasteiger partial charge in [0.2, 0.25) is 0 Å². The van der Waals surface area contributed by atoms with Gasteiger partial charge in [0.05, 0.1) is 6.61 Å². The monoisotopic (exact) mass is 256 g/mol. The third kappa shape index (κ3) is 3.11.